The third-order valence-corrected chi connectivity index (χ3v) is 4.57. The predicted molar refractivity (Wildman–Crippen MR) is 84.9 cm³/mol. The summed E-state index contributed by atoms with van der Waals surface area (Å²) in [5.74, 6) is 0.169. The maximum absolute atomic E-state index is 12.1. The lowest BCUT2D eigenvalue weighted by atomic mass is 10.1. The summed E-state index contributed by atoms with van der Waals surface area (Å²) in [6, 6.07) is 5.07. The lowest BCUT2D eigenvalue weighted by Gasteiger charge is -2.07. The average molecular weight is 333 g/mol. The van der Waals surface area contributed by atoms with Crippen molar-refractivity contribution >= 4 is 21.6 Å². The zero-order valence-electron chi connectivity index (χ0n) is 12.0. The molecule has 9 nitrogen and oxygen atoms in total. The average Bonchev–Trinajstić information content (AvgIpc) is 2.92. The van der Waals surface area contributed by atoms with Gasteiger partial charge < -0.3 is 11.5 Å². The van der Waals surface area contributed by atoms with Gasteiger partial charge in [0.1, 0.15) is 4.90 Å². The second kappa shape index (κ2) is 5.91. The molecule has 0 amide bonds. The van der Waals surface area contributed by atoms with Crippen LogP contribution in [0, 0.1) is 0 Å². The fraction of sp³-hybridized carbons (Fsp3) is 0.154. The van der Waals surface area contributed by atoms with Crippen LogP contribution in [0.5, 0.6) is 0 Å². The zero-order valence-corrected chi connectivity index (χ0v) is 12.9. The molecule has 0 saturated carbocycles. The van der Waals surface area contributed by atoms with E-state index in [1.165, 1.54) is 16.8 Å². The van der Waals surface area contributed by atoms with E-state index >= 15 is 0 Å². The molecule has 0 aliphatic rings. The number of sulfonamides is 1. The zero-order chi connectivity index (χ0) is 16.4. The van der Waals surface area contributed by atoms with Crippen LogP contribution in [0.2, 0.25) is 0 Å². The standard InChI is InChI=1S/C13H15N7O2S/c14-3-4-17-23(21,22)11-5-10(6-16-7-11)9-1-2-12-18-13(15)19-20(12)8-9/h1-2,5-8,17H,3-4,14H2,(H2,15,19). The number of nitrogens with zero attached hydrogens (tertiary/aromatic N) is 4. The summed E-state index contributed by atoms with van der Waals surface area (Å²) in [4.78, 5) is 8.11. The molecular formula is C13H15N7O2S. The maximum atomic E-state index is 12.1. The van der Waals surface area contributed by atoms with E-state index in [2.05, 4.69) is 19.8 Å². The van der Waals surface area contributed by atoms with Gasteiger partial charge in [0.25, 0.3) is 0 Å². The molecule has 23 heavy (non-hydrogen) atoms. The van der Waals surface area contributed by atoms with Crippen LogP contribution < -0.4 is 16.2 Å². The molecule has 3 heterocycles. The fourth-order valence-electron chi connectivity index (χ4n) is 2.07. The highest BCUT2D eigenvalue weighted by Gasteiger charge is 2.15. The Morgan fingerprint density at radius 3 is 2.83 bits per heavy atom. The number of fused-ring (bicyclic) bond motifs is 1. The highest BCUT2D eigenvalue weighted by atomic mass is 32.2. The van der Waals surface area contributed by atoms with Crippen LogP contribution in [0.25, 0.3) is 16.8 Å². The summed E-state index contributed by atoms with van der Waals surface area (Å²) in [5.41, 5.74) is 12.9. The van der Waals surface area contributed by atoms with E-state index in [4.69, 9.17) is 11.5 Å². The summed E-state index contributed by atoms with van der Waals surface area (Å²) in [6.07, 6.45) is 4.57. The van der Waals surface area contributed by atoms with Crippen LogP contribution in [0.15, 0.2) is 41.7 Å². The quantitative estimate of drug-likeness (QED) is 0.577. The van der Waals surface area contributed by atoms with Crippen molar-refractivity contribution in [3.8, 4) is 11.1 Å². The first-order chi connectivity index (χ1) is 11.0. The van der Waals surface area contributed by atoms with Gasteiger partial charge in [0.05, 0.1) is 0 Å². The third kappa shape index (κ3) is 3.13. The lowest BCUT2D eigenvalue weighted by molar-refractivity contribution is 0.582. The van der Waals surface area contributed by atoms with Gasteiger partial charge in [-0.05, 0) is 18.2 Å². The topological polar surface area (TPSA) is 141 Å². The number of nitrogen functional groups attached to an aromatic ring is 1. The van der Waals surface area contributed by atoms with Crippen LogP contribution in [0.4, 0.5) is 5.95 Å². The molecule has 0 unspecified atom stereocenters. The SMILES string of the molecule is NCCNS(=O)(=O)c1cncc(-c2ccc3nc(N)nn3c2)c1. The van der Waals surface area contributed by atoms with Gasteiger partial charge >= 0.3 is 0 Å². The molecule has 0 aliphatic carbocycles. The first-order valence-corrected chi connectivity index (χ1v) is 8.25. The van der Waals surface area contributed by atoms with Crippen LogP contribution in [0.3, 0.4) is 0 Å². The molecule has 0 aromatic carbocycles. The molecule has 3 rings (SSSR count). The number of hydrogen-bond donors (Lipinski definition) is 3. The lowest BCUT2D eigenvalue weighted by Crippen LogP contribution is -2.29. The number of nitrogens with one attached hydrogen (secondary N) is 1. The number of aromatic nitrogens is 4. The normalized spacial score (nSPS) is 11.9. The molecule has 120 valence electrons. The van der Waals surface area contributed by atoms with Crippen molar-refractivity contribution in [2.24, 2.45) is 5.73 Å². The first kappa shape index (κ1) is 15.3. The van der Waals surface area contributed by atoms with Gasteiger partial charge in [-0.2, -0.15) is 4.98 Å². The van der Waals surface area contributed by atoms with E-state index in [0.717, 1.165) is 5.56 Å². The van der Waals surface area contributed by atoms with Gasteiger partial charge in [0, 0.05) is 42.8 Å². The Hall–Kier alpha value is -2.56. The van der Waals surface area contributed by atoms with Crippen molar-refractivity contribution in [2.45, 2.75) is 4.90 Å². The van der Waals surface area contributed by atoms with Crippen LogP contribution in [0.1, 0.15) is 0 Å². The number of pyridine rings is 2. The number of anilines is 1. The van der Waals surface area contributed by atoms with Gasteiger partial charge in [0.15, 0.2) is 5.65 Å². The minimum atomic E-state index is -3.64. The van der Waals surface area contributed by atoms with Gasteiger partial charge in [-0.3, -0.25) is 4.98 Å². The molecule has 3 aromatic heterocycles. The Labute approximate surface area is 132 Å². The summed E-state index contributed by atoms with van der Waals surface area (Å²) < 4.78 is 28.2. The van der Waals surface area contributed by atoms with Crippen LogP contribution in [-0.2, 0) is 10.0 Å². The van der Waals surface area contributed by atoms with E-state index in [0.29, 0.717) is 11.2 Å². The summed E-state index contributed by atoms with van der Waals surface area (Å²) in [6.45, 7) is 0.382. The summed E-state index contributed by atoms with van der Waals surface area (Å²) >= 11 is 0. The molecule has 0 spiro atoms. The van der Waals surface area contributed by atoms with Crippen molar-refractivity contribution in [1.29, 1.82) is 0 Å². The highest BCUT2D eigenvalue weighted by molar-refractivity contribution is 7.89. The molecular weight excluding hydrogens is 318 g/mol. The van der Waals surface area contributed by atoms with E-state index in [1.807, 2.05) is 0 Å². The molecule has 0 atom stereocenters. The number of nitrogens with two attached hydrogens (primary N) is 2. The first-order valence-electron chi connectivity index (χ1n) is 6.77. The minimum Gasteiger partial charge on any atom is -0.366 e. The van der Waals surface area contributed by atoms with Crippen molar-refractivity contribution in [3.05, 3.63) is 36.8 Å². The molecule has 0 bridgehead atoms. The largest absolute Gasteiger partial charge is 0.366 e. The molecule has 5 N–H and O–H groups in total. The smallest absolute Gasteiger partial charge is 0.242 e. The second-order valence-corrected chi connectivity index (χ2v) is 6.55. The Morgan fingerprint density at radius 1 is 1.22 bits per heavy atom. The van der Waals surface area contributed by atoms with Gasteiger partial charge in [-0.15, -0.1) is 5.10 Å². The molecule has 0 saturated heterocycles. The van der Waals surface area contributed by atoms with E-state index < -0.39 is 10.0 Å². The van der Waals surface area contributed by atoms with E-state index in [9.17, 15) is 8.42 Å². The van der Waals surface area contributed by atoms with Gasteiger partial charge in [-0.25, -0.2) is 17.7 Å². The van der Waals surface area contributed by atoms with Crippen molar-refractivity contribution < 1.29 is 8.42 Å². The molecule has 3 aromatic rings. The third-order valence-electron chi connectivity index (χ3n) is 3.14. The predicted octanol–water partition coefficient (Wildman–Crippen LogP) is -0.389. The van der Waals surface area contributed by atoms with E-state index in [1.54, 1.807) is 24.5 Å². The number of hydrogen-bond acceptors (Lipinski definition) is 7. The summed E-state index contributed by atoms with van der Waals surface area (Å²) in [5, 5.41) is 4.03. The van der Waals surface area contributed by atoms with Crippen molar-refractivity contribution in [1.82, 2.24) is 24.3 Å². The Kier molecular flexibility index (Phi) is 3.94. The van der Waals surface area contributed by atoms with Crippen molar-refractivity contribution in [3.63, 3.8) is 0 Å². The second-order valence-electron chi connectivity index (χ2n) is 4.79. The van der Waals surface area contributed by atoms with Crippen molar-refractivity contribution in [2.75, 3.05) is 18.8 Å². The molecule has 0 aliphatic heterocycles. The fourth-order valence-corrected chi connectivity index (χ4v) is 3.11. The Bertz CT molecular complexity index is 952. The Balaban J connectivity index is 2.00. The minimum absolute atomic E-state index is 0.0710. The highest BCUT2D eigenvalue weighted by Crippen LogP contribution is 2.21. The summed E-state index contributed by atoms with van der Waals surface area (Å²) in [7, 11) is -3.64. The molecule has 10 heteroatoms. The number of rotatable bonds is 5. The Morgan fingerprint density at radius 2 is 2.04 bits per heavy atom. The van der Waals surface area contributed by atoms with Gasteiger partial charge in [0.2, 0.25) is 16.0 Å². The van der Waals surface area contributed by atoms with Crippen LogP contribution in [-0.4, -0.2) is 41.1 Å². The van der Waals surface area contributed by atoms with Crippen LogP contribution >= 0.6 is 0 Å². The molecule has 0 radical (unpaired) electrons. The maximum Gasteiger partial charge on any atom is 0.242 e. The van der Waals surface area contributed by atoms with Gasteiger partial charge in [-0.1, -0.05) is 0 Å². The monoisotopic (exact) mass is 333 g/mol. The van der Waals surface area contributed by atoms with E-state index in [-0.39, 0.29) is 23.9 Å². The molecule has 0 fully saturated rings.